The molecule has 0 radical (unpaired) electrons. The van der Waals surface area contributed by atoms with Crippen LogP contribution in [0.25, 0.3) is 0 Å². The van der Waals surface area contributed by atoms with Gasteiger partial charge < -0.3 is 0 Å². The molecule has 17 heavy (non-hydrogen) atoms. The van der Waals surface area contributed by atoms with E-state index in [4.69, 9.17) is 0 Å². The fourth-order valence-electron chi connectivity index (χ4n) is 1.65. The summed E-state index contributed by atoms with van der Waals surface area (Å²) in [6, 6.07) is 6.95. The Labute approximate surface area is 110 Å². The van der Waals surface area contributed by atoms with Gasteiger partial charge in [-0.15, -0.1) is 0 Å². The third-order valence-electron chi connectivity index (χ3n) is 2.84. The lowest BCUT2D eigenvalue weighted by Gasteiger charge is -2.28. The summed E-state index contributed by atoms with van der Waals surface area (Å²) in [5.41, 5.74) is -0.641. The largest absolute Gasteiger partial charge is 0.293 e. The third-order valence-corrected chi connectivity index (χ3v) is 3.33. The molecule has 92 valence electrons. The first-order valence-corrected chi connectivity index (χ1v) is 6.36. The summed E-state index contributed by atoms with van der Waals surface area (Å²) < 4.78 is 14.6. The SMILES string of the molecule is CCC(C)NC(C)(C#N)c1cc(Br)ccc1F. The van der Waals surface area contributed by atoms with E-state index in [1.165, 1.54) is 6.07 Å². The molecule has 1 N–H and O–H groups in total. The van der Waals surface area contributed by atoms with Gasteiger partial charge in [-0.25, -0.2) is 4.39 Å². The first kappa shape index (κ1) is 14.1. The molecule has 0 aromatic heterocycles. The number of benzene rings is 1. The number of hydrogen-bond acceptors (Lipinski definition) is 2. The molecule has 4 heteroatoms. The Bertz CT molecular complexity index is 442. The number of halogens is 2. The van der Waals surface area contributed by atoms with Crippen molar-refractivity contribution in [2.45, 2.75) is 38.8 Å². The zero-order chi connectivity index (χ0) is 13.1. The monoisotopic (exact) mass is 298 g/mol. The van der Waals surface area contributed by atoms with E-state index in [-0.39, 0.29) is 11.9 Å². The van der Waals surface area contributed by atoms with Gasteiger partial charge in [-0.2, -0.15) is 5.26 Å². The summed E-state index contributed by atoms with van der Waals surface area (Å²) >= 11 is 3.30. The van der Waals surface area contributed by atoms with E-state index < -0.39 is 5.54 Å². The minimum atomic E-state index is -1.01. The van der Waals surface area contributed by atoms with Crippen molar-refractivity contribution in [1.29, 1.82) is 5.26 Å². The number of rotatable bonds is 4. The topological polar surface area (TPSA) is 35.8 Å². The van der Waals surface area contributed by atoms with Gasteiger partial charge in [-0.3, -0.25) is 5.32 Å². The highest BCUT2D eigenvalue weighted by atomic mass is 79.9. The van der Waals surface area contributed by atoms with Crippen LogP contribution in [0.4, 0.5) is 4.39 Å². The van der Waals surface area contributed by atoms with Crippen molar-refractivity contribution in [2.75, 3.05) is 0 Å². The smallest absolute Gasteiger partial charge is 0.132 e. The quantitative estimate of drug-likeness (QED) is 0.920. The Morgan fingerprint density at radius 3 is 2.76 bits per heavy atom. The number of nitriles is 1. The van der Waals surface area contributed by atoms with Gasteiger partial charge in [-0.1, -0.05) is 22.9 Å². The van der Waals surface area contributed by atoms with Gasteiger partial charge in [-0.05, 0) is 38.5 Å². The summed E-state index contributed by atoms with van der Waals surface area (Å²) in [5, 5.41) is 12.5. The molecular formula is C13H16BrFN2. The second-order valence-electron chi connectivity index (χ2n) is 4.31. The van der Waals surface area contributed by atoms with Crippen LogP contribution < -0.4 is 5.32 Å². The van der Waals surface area contributed by atoms with Crippen LogP contribution in [-0.4, -0.2) is 6.04 Å². The van der Waals surface area contributed by atoms with Crippen LogP contribution in [0.3, 0.4) is 0 Å². The number of nitrogens with zero attached hydrogens (tertiary/aromatic N) is 1. The van der Waals surface area contributed by atoms with Gasteiger partial charge in [0, 0.05) is 16.1 Å². The third kappa shape index (κ3) is 3.27. The molecule has 0 aliphatic rings. The molecule has 0 spiro atoms. The minimum Gasteiger partial charge on any atom is -0.293 e. The van der Waals surface area contributed by atoms with Crippen LogP contribution in [0.1, 0.15) is 32.8 Å². The fourth-order valence-corrected chi connectivity index (χ4v) is 2.01. The molecule has 1 aromatic carbocycles. The normalized spacial score (nSPS) is 16.0. The van der Waals surface area contributed by atoms with Crippen molar-refractivity contribution in [2.24, 2.45) is 0 Å². The van der Waals surface area contributed by atoms with Gasteiger partial charge in [0.25, 0.3) is 0 Å². The molecule has 0 fully saturated rings. The summed E-state index contributed by atoms with van der Waals surface area (Å²) in [5.74, 6) is -0.368. The predicted octanol–water partition coefficient (Wildman–Crippen LogP) is 3.72. The Morgan fingerprint density at radius 2 is 2.24 bits per heavy atom. The summed E-state index contributed by atoms with van der Waals surface area (Å²) in [6.07, 6.45) is 0.882. The van der Waals surface area contributed by atoms with Crippen molar-refractivity contribution in [3.63, 3.8) is 0 Å². The first-order valence-electron chi connectivity index (χ1n) is 5.57. The number of nitrogens with one attached hydrogen (secondary N) is 1. The van der Waals surface area contributed by atoms with E-state index in [9.17, 15) is 9.65 Å². The zero-order valence-electron chi connectivity index (χ0n) is 10.2. The van der Waals surface area contributed by atoms with Gasteiger partial charge in [0.05, 0.1) is 6.07 Å². The molecule has 2 unspecified atom stereocenters. The molecule has 0 saturated carbocycles. The zero-order valence-corrected chi connectivity index (χ0v) is 11.8. The van der Waals surface area contributed by atoms with Crippen molar-refractivity contribution in [1.82, 2.24) is 5.32 Å². The standard InChI is InChI=1S/C13H16BrFN2/c1-4-9(2)17-13(3,8-16)11-7-10(14)5-6-12(11)15/h5-7,9,17H,4H2,1-3H3. The molecule has 0 aliphatic heterocycles. The van der Waals surface area contributed by atoms with Crippen LogP contribution >= 0.6 is 15.9 Å². The maximum absolute atomic E-state index is 13.8. The van der Waals surface area contributed by atoms with E-state index in [1.54, 1.807) is 19.1 Å². The predicted molar refractivity (Wildman–Crippen MR) is 70.0 cm³/mol. The van der Waals surface area contributed by atoms with E-state index >= 15 is 0 Å². The lowest BCUT2D eigenvalue weighted by Crippen LogP contribution is -2.44. The Balaban J connectivity index is 3.16. The first-order chi connectivity index (χ1) is 7.92. The maximum atomic E-state index is 13.8. The van der Waals surface area contributed by atoms with Crippen molar-refractivity contribution < 1.29 is 4.39 Å². The van der Waals surface area contributed by atoms with Gasteiger partial charge >= 0.3 is 0 Å². The Kier molecular flexibility index (Phi) is 4.67. The highest BCUT2D eigenvalue weighted by molar-refractivity contribution is 9.10. The molecule has 0 saturated heterocycles. The van der Waals surface area contributed by atoms with E-state index in [0.717, 1.165) is 10.9 Å². The van der Waals surface area contributed by atoms with Crippen molar-refractivity contribution in [3.05, 3.63) is 34.1 Å². The molecule has 1 aromatic rings. The molecule has 1 rings (SSSR count). The van der Waals surface area contributed by atoms with E-state index in [1.807, 2.05) is 13.8 Å². The van der Waals surface area contributed by atoms with E-state index in [2.05, 4.69) is 27.3 Å². The highest BCUT2D eigenvalue weighted by Crippen LogP contribution is 2.27. The molecule has 0 heterocycles. The van der Waals surface area contributed by atoms with Gasteiger partial charge in [0.1, 0.15) is 11.4 Å². The maximum Gasteiger partial charge on any atom is 0.132 e. The highest BCUT2D eigenvalue weighted by Gasteiger charge is 2.30. The minimum absolute atomic E-state index is 0.151. The molecule has 0 aliphatic carbocycles. The van der Waals surface area contributed by atoms with E-state index in [0.29, 0.717) is 5.56 Å². The van der Waals surface area contributed by atoms with Crippen LogP contribution in [0.15, 0.2) is 22.7 Å². The van der Waals surface area contributed by atoms with Crippen LogP contribution in [-0.2, 0) is 5.54 Å². The summed E-state index contributed by atoms with van der Waals surface area (Å²) in [4.78, 5) is 0. The Hall–Kier alpha value is -0.920. The van der Waals surface area contributed by atoms with Crippen molar-refractivity contribution >= 4 is 15.9 Å². The second kappa shape index (κ2) is 5.61. The fraction of sp³-hybridized carbons (Fsp3) is 0.462. The molecular weight excluding hydrogens is 283 g/mol. The summed E-state index contributed by atoms with van der Waals surface area (Å²) in [6.45, 7) is 5.70. The van der Waals surface area contributed by atoms with Crippen LogP contribution in [0.2, 0.25) is 0 Å². The average molecular weight is 299 g/mol. The molecule has 0 bridgehead atoms. The van der Waals surface area contributed by atoms with Crippen molar-refractivity contribution in [3.8, 4) is 6.07 Å². The number of hydrogen-bond donors (Lipinski definition) is 1. The molecule has 2 atom stereocenters. The van der Waals surface area contributed by atoms with Gasteiger partial charge in [0.15, 0.2) is 0 Å². The van der Waals surface area contributed by atoms with Crippen LogP contribution in [0, 0.1) is 17.1 Å². The summed E-state index contributed by atoms with van der Waals surface area (Å²) in [7, 11) is 0. The Morgan fingerprint density at radius 1 is 1.59 bits per heavy atom. The average Bonchev–Trinajstić information content (AvgIpc) is 2.31. The second-order valence-corrected chi connectivity index (χ2v) is 5.23. The van der Waals surface area contributed by atoms with Crippen LogP contribution in [0.5, 0.6) is 0 Å². The van der Waals surface area contributed by atoms with Gasteiger partial charge in [0.2, 0.25) is 0 Å². The molecule has 0 amide bonds. The molecule has 2 nitrogen and oxygen atoms in total. The lowest BCUT2D eigenvalue weighted by atomic mass is 9.92. The lowest BCUT2D eigenvalue weighted by molar-refractivity contribution is 0.381.